The largest absolute Gasteiger partial charge is 0.493 e. The molecule has 0 unspecified atom stereocenters. The summed E-state index contributed by atoms with van der Waals surface area (Å²) in [5.41, 5.74) is 4.76. The van der Waals surface area contributed by atoms with Gasteiger partial charge in [-0.05, 0) is 48.7 Å². The van der Waals surface area contributed by atoms with E-state index in [4.69, 9.17) is 19.0 Å². The van der Waals surface area contributed by atoms with E-state index < -0.39 is 0 Å². The van der Waals surface area contributed by atoms with Crippen LogP contribution in [0.15, 0.2) is 84.0 Å². The molecule has 0 saturated carbocycles. The first kappa shape index (κ1) is 24.6. The van der Waals surface area contributed by atoms with Gasteiger partial charge in [0.25, 0.3) is 0 Å². The summed E-state index contributed by atoms with van der Waals surface area (Å²) >= 11 is 0. The van der Waals surface area contributed by atoms with Crippen LogP contribution in [0.5, 0.6) is 11.5 Å². The number of rotatable bonds is 10. The Kier molecular flexibility index (Phi) is 8.86. The first-order valence-electron chi connectivity index (χ1n) is 10.9. The van der Waals surface area contributed by atoms with Crippen LogP contribution in [0.3, 0.4) is 0 Å². The molecule has 0 aromatic heterocycles. The van der Waals surface area contributed by atoms with Crippen molar-refractivity contribution in [2.24, 2.45) is 5.16 Å². The molecule has 3 aromatic rings. The van der Waals surface area contributed by atoms with Gasteiger partial charge in [-0.3, -0.25) is 0 Å². The van der Waals surface area contributed by atoms with Crippen LogP contribution in [0, 0.1) is 0 Å². The molecule has 0 aliphatic carbocycles. The Morgan fingerprint density at radius 3 is 2.35 bits per heavy atom. The van der Waals surface area contributed by atoms with Gasteiger partial charge in [-0.15, -0.1) is 0 Å². The minimum atomic E-state index is -0.388. The Balaban J connectivity index is 1.72. The molecule has 176 valence electrons. The van der Waals surface area contributed by atoms with Crippen molar-refractivity contribution in [3.05, 3.63) is 101 Å². The van der Waals surface area contributed by atoms with Crippen LogP contribution >= 0.6 is 0 Å². The Bertz CT molecular complexity index is 1170. The number of allylic oxidation sites excluding steroid dienone is 1. The number of esters is 1. The SMILES string of the molecule is CC=C(C(=O)OC)c1ccccc1COc1ccc(/C(C)=N\OCc2ccccc2)cc1OC. The number of methoxy groups -OCH3 is 2. The van der Waals surface area contributed by atoms with E-state index in [2.05, 4.69) is 5.16 Å². The minimum absolute atomic E-state index is 0.257. The first-order chi connectivity index (χ1) is 16.6. The number of nitrogens with zero attached hydrogens (tertiary/aromatic N) is 1. The molecule has 34 heavy (non-hydrogen) atoms. The summed E-state index contributed by atoms with van der Waals surface area (Å²) in [6, 6.07) is 23.0. The summed E-state index contributed by atoms with van der Waals surface area (Å²) in [5.74, 6) is 0.770. The lowest BCUT2D eigenvalue weighted by atomic mass is 10.00. The van der Waals surface area contributed by atoms with E-state index in [1.165, 1.54) is 7.11 Å². The highest BCUT2D eigenvalue weighted by molar-refractivity contribution is 6.16. The van der Waals surface area contributed by atoms with Gasteiger partial charge in [-0.2, -0.15) is 0 Å². The predicted octanol–water partition coefficient (Wildman–Crippen LogP) is 5.79. The average Bonchev–Trinajstić information content (AvgIpc) is 2.88. The van der Waals surface area contributed by atoms with Crippen LogP contribution in [0.4, 0.5) is 0 Å². The van der Waals surface area contributed by atoms with Gasteiger partial charge in [-0.25, -0.2) is 4.79 Å². The summed E-state index contributed by atoms with van der Waals surface area (Å²) in [6.45, 7) is 4.34. The van der Waals surface area contributed by atoms with Gasteiger partial charge in [0, 0.05) is 5.56 Å². The number of hydrogen-bond acceptors (Lipinski definition) is 6. The molecule has 0 amide bonds. The topological polar surface area (TPSA) is 66.4 Å². The molecule has 3 aromatic carbocycles. The monoisotopic (exact) mass is 459 g/mol. The van der Waals surface area contributed by atoms with Crippen LogP contribution in [-0.2, 0) is 27.6 Å². The number of oxime groups is 1. The summed E-state index contributed by atoms with van der Waals surface area (Å²) in [6.07, 6.45) is 1.74. The second kappa shape index (κ2) is 12.3. The quantitative estimate of drug-likeness (QED) is 0.166. The van der Waals surface area contributed by atoms with E-state index in [9.17, 15) is 4.79 Å². The average molecular weight is 460 g/mol. The summed E-state index contributed by atoms with van der Waals surface area (Å²) in [5, 5.41) is 4.22. The number of ether oxygens (including phenoxy) is 3. The zero-order chi connectivity index (χ0) is 24.3. The van der Waals surface area contributed by atoms with Crippen molar-refractivity contribution in [2.75, 3.05) is 14.2 Å². The van der Waals surface area contributed by atoms with Crippen LogP contribution in [0.25, 0.3) is 5.57 Å². The maximum absolute atomic E-state index is 12.2. The van der Waals surface area contributed by atoms with Gasteiger partial charge in [0.05, 0.1) is 25.5 Å². The van der Waals surface area contributed by atoms with Crippen LogP contribution in [0.1, 0.15) is 36.1 Å². The van der Waals surface area contributed by atoms with E-state index in [-0.39, 0.29) is 12.6 Å². The van der Waals surface area contributed by atoms with Gasteiger partial charge in [0.15, 0.2) is 11.5 Å². The first-order valence-corrected chi connectivity index (χ1v) is 10.9. The van der Waals surface area contributed by atoms with Crippen LogP contribution in [-0.4, -0.2) is 25.9 Å². The van der Waals surface area contributed by atoms with E-state index >= 15 is 0 Å². The molecule has 3 rings (SSSR count). The van der Waals surface area contributed by atoms with Gasteiger partial charge in [0.2, 0.25) is 0 Å². The maximum atomic E-state index is 12.2. The second-order valence-corrected chi connectivity index (χ2v) is 7.44. The lowest BCUT2D eigenvalue weighted by Crippen LogP contribution is -2.08. The second-order valence-electron chi connectivity index (χ2n) is 7.44. The maximum Gasteiger partial charge on any atom is 0.338 e. The number of carbonyl (C=O) groups is 1. The number of benzene rings is 3. The molecular formula is C28H29NO5. The zero-order valence-electron chi connectivity index (χ0n) is 19.9. The molecule has 0 aliphatic heterocycles. The summed E-state index contributed by atoms with van der Waals surface area (Å²) in [4.78, 5) is 17.6. The predicted molar refractivity (Wildman–Crippen MR) is 133 cm³/mol. The highest BCUT2D eigenvalue weighted by Gasteiger charge is 2.16. The Morgan fingerprint density at radius 2 is 1.65 bits per heavy atom. The van der Waals surface area contributed by atoms with Gasteiger partial charge >= 0.3 is 5.97 Å². The Labute approximate surface area is 200 Å². The van der Waals surface area contributed by atoms with Crippen LogP contribution in [0.2, 0.25) is 0 Å². The smallest absolute Gasteiger partial charge is 0.338 e. The molecule has 0 fully saturated rings. The summed E-state index contributed by atoms with van der Waals surface area (Å²) < 4.78 is 16.5. The fraction of sp³-hybridized carbons (Fsp3) is 0.214. The van der Waals surface area contributed by atoms with E-state index in [0.29, 0.717) is 23.7 Å². The molecule has 0 spiro atoms. The molecular weight excluding hydrogens is 430 g/mol. The number of carbonyl (C=O) groups excluding carboxylic acids is 1. The zero-order valence-corrected chi connectivity index (χ0v) is 19.9. The Morgan fingerprint density at radius 1 is 0.912 bits per heavy atom. The third-order valence-electron chi connectivity index (χ3n) is 5.24. The molecule has 0 radical (unpaired) electrons. The molecule has 6 heteroatoms. The molecule has 0 aliphatic rings. The Hall–Kier alpha value is -4.06. The molecule has 0 heterocycles. The molecule has 0 saturated heterocycles. The number of hydrogen-bond donors (Lipinski definition) is 0. The third kappa shape index (κ3) is 6.25. The van der Waals surface area contributed by atoms with Crippen molar-refractivity contribution >= 4 is 17.3 Å². The van der Waals surface area contributed by atoms with Crippen molar-refractivity contribution in [3.63, 3.8) is 0 Å². The standard InChI is InChI=1S/C28H29NO5/c1-5-24(28(30)32-4)25-14-10-9-13-23(25)19-33-26-16-15-22(17-27(26)31-3)20(2)29-34-18-21-11-7-6-8-12-21/h5-17H,18-19H2,1-4H3/b24-5?,29-20-. The van der Waals surface area contributed by atoms with Gasteiger partial charge < -0.3 is 19.0 Å². The fourth-order valence-electron chi connectivity index (χ4n) is 3.40. The summed E-state index contributed by atoms with van der Waals surface area (Å²) in [7, 11) is 2.96. The van der Waals surface area contributed by atoms with Gasteiger partial charge in [-0.1, -0.05) is 65.8 Å². The van der Waals surface area contributed by atoms with E-state index in [1.54, 1.807) is 20.1 Å². The van der Waals surface area contributed by atoms with Crippen molar-refractivity contribution in [1.82, 2.24) is 0 Å². The van der Waals surface area contributed by atoms with Crippen molar-refractivity contribution in [3.8, 4) is 11.5 Å². The van der Waals surface area contributed by atoms with Crippen molar-refractivity contribution in [1.29, 1.82) is 0 Å². The third-order valence-corrected chi connectivity index (χ3v) is 5.24. The van der Waals surface area contributed by atoms with E-state index in [1.807, 2.05) is 79.7 Å². The minimum Gasteiger partial charge on any atom is -0.493 e. The lowest BCUT2D eigenvalue weighted by molar-refractivity contribution is -0.133. The molecule has 6 nitrogen and oxygen atoms in total. The molecule has 0 bridgehead atoms. The van der Waals surface area contributed by atoms with Crippen molar-refractivity contribution < 1.29 is 23.8 Å². The highest BCUT2D eigenvalue weighted by Crippen LogP contribution is 2.30. The van der Waals surface area contributed by atoms with Crippen LogP contribution < -0.4 is 9.47 Å². The lowest BCUT2D eigenvalue weighted by Gasteiger charge is -2.15. The molecule has 0 atom stereocenters. The normalized spacial score (nSPS) is 11.6. The van der Waals surface area contributed by atoms with Crippen molar-refractivity contribution in [2.45, 2.75) is 27.1 Å². The molecule has 0 N–H and O–H groups in total. The highest BCUT2D eigenvalue weighted by atomic mass is 16.6. The van der Waals surface area contributed by atoms with E-state index in [0.717, 1.165) is 28.0 Å². The van der Waals surface area contributed by atoms with Gasteiger partial charge in [0.1, 0.15) is 13.2 Å². The fourth-order valence-corrected chi connectivity index (χ4v) is 3.40.